The number of alkyl halides is 3. The van der Waals surface area contributed by atoms with E-state index in [1.807, 2.05) is 28.7 Å². The maximum atomic E-state index is 13.1. The molecule has 1 N–H and O–H groups in total. The third-order valence-corrected chi connectivity index (χ3v) is 6.47. The number of likely N-dealkylation sites (N-methyl/N-ethyl adjacent to an activating group) is 1. The summed E-state index contributed by atoms with van der Waals surface area (Å²) in [7, 11) is 1.41. The SMILES string of the molecule is CN(CC(=O)Nc1ccccc1C(F)(F)F)C(=O)CSc1nnc2sc3ccccc3n12. The zero-order valence-electron chi connectivity index (χ0n) is 16.6. The molecule has 0 fully saturated rings. The lowest BCUT2D eigenvalue weighted by Gasteiger charge is -2.18. The number of thioether (sulfide) groups is 1. The van der Waals surface area contributed by atoms with Crippen molar-refractivity contribution < 1.29 is 22.8 Å². The van der Waals surface area contributed by atoms with Crippen molar-refractivity contribution in [1.29, 1.82) is 0 Å². The Morgan fingerprint density at radius 1 is 1.12 bits per heavy atom. The van der Waals surface area contributed by atoms with Crippen LogP contribution < -0.4 is 5.32 Å². The third kappa shape index (κ3) is 4.55. The Labute approximate surface area is 188 Å². The zero-order valence-corrected chi connectivity index (χ0v) is 18.2. The largest absolute Gasteiger partial charge is 0.418 e. The van der Waals surface area contributed by atoms with Crippen LogP contribution in [0.25, 0.3) is 15.2 Å². The lowest BCUT2D eigenvalue weighted by molar-refractivity contribution is -0.137. The van der Waals surface area contributed by atoms with Gasteiger partial charge in [0.1, 0.15) is 0 Å². The van der Waals surface area contributed by atoms with Crippen LogP contribution in [0.5, 0.6) is 0 Å². The summed E-state index contributed by atoms with van der Waals surface area (Å²) in [5, 5.41) is 11.0. The number of benzene rings is 2. The molecule has 0 unspecified atom stereocenters. The molecule has 4 aromatic rings. The number of nitrogens with one attached hydrogen (secondary N) is 1. The Kier molecular flexibility index (Phi) is 6.07. The number of carbonyl (C=O) groups is 2. The molecule has 0 radical (unpaired) electrons. The second-order valence-corrected chi connectivity index (χ2v) is 8.75. The lowest BCUT2D eigenvalue weighted by Crippen LogP contribution is -2.36. The van der Waals surface area contributed by atoms with Gasteiger partial charge in [-0.2, -0.15) is 13.2 Å². The highest BCUT2D eigenvalue weighted by Gasteiger charge is 2.33. The number of halogens is 3. The number of nitrogens with zero attached hydrogens (tertiary/aromatic N) is 4. The smallest absolute Gasteiger partial charge is 0.336 e. The van der Waals surface area contributed by atoms with Gasteiger partial charge in [0.05, 0.1) is 33.8 Å². The molecule has 32 heavy (non-hydrogen) atoms. The minimum absolute atomic E-state index is 0.00607. The topological polar surface area (TPSA) is 79.6 Å². The molecule has 12 heteroatoms. The van der Waals surface area contributed by atoms with Gasteiger partial charge in [-0.05, 0) is 24.3 Å². The van der Waals surface area contributed by atoms with Gasteiger partial charge in [0, 0.05) is 7.05 Å². The highest BCUT2D eigenvalue weighted by molar-refractivity contribution is 7.99. The minimum Gasteiger partial charge on any atom is -0.336 e. The van der Waals surface area contributed by atoms with Crippen molar-refractivity contribution in [3.8, 4) is 0 Å². The standard InChI is InChI=1S/C20H16F3N5O2S2/c1-27(10-16(29)24-13-7-3-2-6-12(13)20(21,22)23)17(30)11-31-18-25-26-19-28(18)14-8-4-5-9-15(14)32-19/h2-9H,10-11H2,1H3,(H,24,29). The monoisotopic (exact) mass is 479 g/mol. The number of fused-ring (bicyclic) bond motifs is 3. The molecule has 2 heterocycles. The first-order valence-electron chi connectivity index (χ1n) is 9.29. The summed E-state index contributed by atoms with van der Waals surface area (Å²) in [6.45, 7) is -0.387. The summed E-state index contributed by atoms with van der Waals surface area (Å²) in [6, 6.07) is 12.4. The second kappa shape index (κ2) is 8.79. The van der Waals surface area contributed by atoms with E-state index in [2.05, 4.69) is 15.5 Å². The molecule has 0 aliphatic rings. The number of hydrogen-bond acceptors (Lipinski definition) is 6. The number of thiazole rings is 1. The first-order valence-corrected chi connectivity index (χ1v) is 11.1. The molecule has 2 aromatic heterocycles. The Bertz CT molecular complexity index is 1300. The van der Waals surface area contributed by atoms with Crippen molar-refractivity contribution in [3.63, 3.8) is 0 Å². The van der Waals surface area contributed by atoms with Crippen LogP contribution in [0.15, 0.2) is 53.7 Å². The maximum Gasteiger partial charge on any atom is 0.418 e. The zero-order chi connectivity index (χ0) is 22.9. The molecular weight excluding hydrogens is 463 g/mol. The van der Waals surface area contributed by atoms with E-state index in [0.29, 0.717) is 10.1 Å². The number of aromatic nitrogens is 3. The number of hydrogen-bond donors (Lipinski definition) is 1. The fourth-order valence-corrected chi connectivity index (χ4v) is 4.93. The van der Waals surface area contributed by atoms with Crippen LogP contribution in [0.4, 0.5) is 18.9 Å². The summed E-state index contributed by atoms with van der Waals surface area (Å²) >= 11 is 2.66. The third-order valence-electron chi connectivity index (χ3n) is 4.55. The van der Waals surface area contributed by atoms with Crippen molar-refractivity contribution in [2.24, 2.45) is 0 Å². The molecule has 0 aliphatic carbocycles. The predicted molar refractivity (Wildman–Crippen MR) is 117 cm³/mol. The summed E-state index contributed by atoms with van der Waals surface area (Å²) in [4.78, 5) is 26.6. The molecule has 166 valence electrons. The molecule has 0 saturated carbocycles. The fraction of sp³-hybridized carbons (Fsp3) is 0.200. The second-order valence-electron chi connectivity index (χ2n) is 6.80. The highest BCUT2D eigenvalue weighted by atomic mass is 32.2. The fourth-order valence-electron chi connectivity index (χ4n) is 3.02. The molecule has 0 saturated heterocycles. The van der Waals surface area contributed by atoms with Gasteiger partial charge in [0.25, 0.3) is 0 Å². The van der Waals surface area contributed by atoms with Gasteiger partial charge >= 0.3 is 6.18 Å². The average molecular weight is 480 g/mol. The minimum atomic E-state index is -4.60. The van der Waals surface area contributed by atoms with Crippen LogP contribution in [0.3, 0.4) is 0 Å². The van der Waals surface area contributed by atoms with E-state index in [0.717, 1.165) is 21.2 Å². The maximum absolute atomic E-state index is 13.1. The van der Waals surface area contributed by atoms with Crippen molar-refractivity contribution in [2.75, 3.05) is 24.7 Å². The van der Waals surface area contributed by atoms with Gasteiger partial charge in [-0.15, -0.1) is 10.2 Å². The van der Waals surface area contributed by atoms with Gasteiger partial charge in [0.15, 0.2) is 5.16 Å². The number of carbonyl (C=O) groups excluding carboxylic acids is 2. The predicted octanol–water partition coefficient (Wildman–Crippen LogP) is 4.15. The number of para-hydroxylation sites is 2. The molecule has 4 rings (SSSR count). The Morgan fingerprint density at radius 3 is 2.62 bits per heavy atom. The van der Waals surface area contributed by atoms with Crippen molar-refractivity contribution in [2.45, 2.75) is 11.3 Å². The van der Waals surface area contributed by atoms with Gasteiger partial charge in [-0.25, -0.2) is 0 Å². The molecular formula is C20H16F3N5O2S2. The van der Waals surface area contributed by atoms with E-state index >= 15 is 0 Å². The van der Waals surface area contributed by atoms with E-state index in [4.69, 9.17) is 0 Å². The molecule has 7 nitrogen and oxygen atoms in total. The summed E-state index contributed by atoms with van der Waals surface area (Å²) in [5.41, 5.74) is -0.365. The molecule has 2 amide bonds. The van der Waals surface area contributed by atoms with Crippen LogP contribution in [0.2, 0.25) is 0 Å². The van der Waals surface area contributed by atoms with Crippen molar-refractivity contribution in [3.05, 3.63) is 54.1 Å². The molecule has 0 aliphatic heterocycles. The average Bonchev–Trinajstić information content (AvgIpc) is 3.30. The van der Waals surface area contributed by atoms with E-state index in [-0.39, 0.29) is 23.9 Å². The molecule has 0 spiro atoms. The van der Waals surface area contributed by atoms with Crippen LogP contribution in [-0.2, 0) is 15.8 Å². The molecule has 0 bridgehead atoms. The van der Waals surface area contributed by atoms with Crippen LogP contribution in [0, 0.1) is 0 Å². The van der Waals surface area contributed by atoms with E-state index in [1.165, 1.54) is 48.3 Å². The van der Waals surface area contributed by atoms with Gasteiger partial charge in [0.2, 0.25) is 16.8 Å². The summed E-state index contributed by atoms with van der Waals surface area (Å²) < 4.78 is 42.1. The first kappa shape index (κ1) is 22.1. The lowest BCUT2D eigenvalue weighted by atomic mass is 10.1. The highest BCUT2D eigenvalue weighted by Crippen LogP contribution is 2.34. The van der Waals surface area contributed by atoms with Gasteiger partial charge < -0.3 is 10.2 Å². The van der Waals surface area contributed by atoms with Crippen molar-refractivity contribution in [1.82, 2.24) is 19.5 Å². The Balaban J connectivity index is 1.38. The summed E-state index contributed by atoms with van der Waals surface area (Å²) in [5.74, 6) is -1.10. The van der Waals surface area contributed by atoms with Gasteiger partial charge in [-0.1, -0.05) is 47.4 Å². The Hall–Kier alpha value is -3.12. The number of anilines is 1. The molecule has 2 aromatic carbocycles. The van der Waals surface area contributed by atoms with Crippen LogP contribution >= 0.6 is 23.1 Å². The van der Waals surface area contributed by atoms with Gasteiger partial charge in [-0.3, -0.25) is 14.0 Å². The normalized spacial score (nSPS) is 11.8. The first-order chi connectivity index (χ1) is 15.2. The van der Waals surface area contributed by atoms with E-state index in [9.17, 15) is 22.8 Å². The number of rotatable bonds is 6. The Morgan fingerprint density at radius 2 is 1.84 bits per heavy atom. The number of amides is 2. The summed E-state index contributed by atoms with van der Waals surface area (Å²) in [6.07, 6.45) is -4.60. The van der Waals surface area contributed by atoms with E-state index < -0.39 is 17.6 Å². The van der Waals surface area contributed by atoms with Crippen LogP contribution in [0.1, 0.15) is 5.56 Å². The van der Waals surface area contributed by atoms with E-state index in [1.54, 1.807) is 0 Å². The van der Waals surface area contributed by atoms with Crippen molar-refractivity contribution >= 4 is 55.8 Å². The van der Waals surface area contributed by atoms with Crippen LogP contribution in [-0.4, -0.2) is 50.7 Å². The molecule has 0 atom stereocenters. The quantitative estimate of drug-likeness (QED) is 0.421.